The lowest BCUT2D eigenvalue weighted by Gasteiger charge is -2.14. The van der Waals surface area contributed by atoms with Crippen LogP contribution >= 0.6 is 0 Å². The van der Waals surface area contributed by atoms with Crippen molar-refractivity contribution < 1.29 is 14.3 Å². The van der Waals surface area contributed by atoms with E-state index in [2.05, 4.69) is 12.2 Å². The predicted octanol–water partition coefficient (Wildman–Crippen LogP) is 3.21. The third-order valence-corrected chi connectivity index (χ3v) is 3.92. The first-order valence-electron chi connectivity index (χ1n) is 7.76. The molecule has 0 spiro atoms. The molecule has 2 rings (SSSR count). The number of rotatable bonds is 6. The van der Waals surface area contributed by atoms with Gasteiger partial charge in [0.2, 0.25) is 0 Å². The maximum absolute atomic E-state index is 12.6. The number of fused-ring (bicyclic) bond motifs is 1. The summed E-state index contributed by atoms with van der Waals surface area (Å²) in [6.07, 6.45) is 3.88. The first-order valence-corrected chi connectivity index (χ1v) is 7.76. The van der Waals surface area contributed by atoms with E-state index in [1.54, 1.807) is 18.2 Å². The maximum Gasteiger partial charge on any atom is 0.255 e. The number of benzene rings is 1. The largest absolute Gasteiger partial charge is 0.491 e. The second-order valence-electron chi connectivity index (χ2n) is 5.43. The molecule has 0 fully saturated rings. The minimum absolute atomic E-state index is 0.0396. The Kier molecular flexibility index (Phi) is 5.37. The molecule has 1 amide bonds. The number of unbranched alkanes of at least 4 members (excludes halogenated alkanes) is 1. The van der Waals surface area contributed by atoms with Crippen molar-refractivity contribution in [3.05, 3.63) is 29.3 Å². The van der Waals surface area contributed by atoms with Crippen LogP contribution in [0.2, 0.25) is 0 Å². The Morgan fingerprint density at radius 2 is 2.19 bits per heavy atom. The number of ketones is 1. The van der Waals surface area contributed by atoms with E-state index in [-0.39, 0.29) is 17.6 Å². The number of carbonyl (C=O) groups excluding carboxylic acids is 2. The van der Waals surface area contributed by atoms with Gasteiger partial charge in [0.05, 0.1) is 12.1 Å². The molecule has 4 nitrogen and oxygen atoms in total. The number of nitrogens with one attached hydrogen (secondary N) is 1. The van der Waals surface area contributed by atoms with E-state index in [1.807, 2.05) is 6.92 Å². The monoisotopic (exact) mass is 289 g/mol. The average Bonchev–Trinajstić information content (AvgIpc) is 2.69. The lowest BCUT2D eigenvalue weighted by Crippen LogP contribution is -2.24. The lowest BCUT2D eigenvalue weighted by molar-refractivity contribution is 0.0908. The SMILES string of the molecule is CCCCC(CC)C(=O)c1ccc2c(c1)C(=O)NCCO2. The highest BCUT2D eigenvalue weighted by molar-refractivity contribution is 6.03. The predicted molar refractivity (Wildman–Crippen MR) is 81.9 cm³/mol. The van der Waals surface area contributed by atoms with E-state index in [0.29, 0.717) is 30.0 Å². The van der Waals surface area contributed by atoms with E-state index >= 15 is 0 Å². The zero-order chi connectivity index (χ0) is 15.2. The van der Waals surface area contributed by atoms with Crippen LogP contribution in [0.15, 0.2) is 18.2 Å². The van der Waals surface area contributed by atoms with Gasteiger partial charge in [0.15, 0.2) is 5.78 Å². The Morgan fingerprint density at radius 3 is 2.90 bits per heavy atom. The first-order chi connectivity index (χ1) is 10.2. The molecule has 21 heavy (non-hydrogen) atoms. The minimum atomic E-state index is -0.168. The Bertz CT molecular complexity index is 525. The molecule has 114 valence electrons. The van der Waals surface area contributed by atoms with Gasteiger partial charge in [0, 0.05) is 11.5 Å². The highest BCUT2D eigenvalue weighted by Gasteiger charge is 2.22. The number of ether oxygens (including phenoxy) is 1. The van der Waals surface area contributed by atoms with Gasteiger partial charge in [-0.1, -0.05) is 26.7 Å². The molecule has 1 aromatic carbocycles. The molecule has 1 atom stereocenters. The summed E-state index contributed by atoms with van der Waals surface area (Å²) < 4.78 is 5.51. The molecule has 0 aliphatic carbocycles. The van der Waals surface area contributed by atoms with Crippen LogP contribution in [0.5, 0.6) is 5.75 Å². The summed E-state index contributed by atoms with van der Waals surface area (Å²) in [5.41, 5.74) is 1.07. The molecule has 0 aromatic heterocycles. The van der Waals surface area contributed by atoms with Crippen LogP contribution in [0.3, 0.4) is 0 Å². The summed E-state index contributed by atoms with van der Waals surface area (Å²) >= 11 is 0. The standard InChI is InChI=1S/C17H23NO3/c1-3-5-6-12(4-2)16(19)13-7-8-15-14(11-13)17(20)18-9-10-21-15/h7-8,11-12H,3-6,9-10H2,1-2H3,(H,18,20). The maximum atomic E-state index is 12.6. The minimum Gasteiger partial charge on any atom is -0.491 e. The van der Waals surface area contributed by atoms with Crippen LogP contribution in [0.25, 0.3) is 0 Å². The van der Waals surface area contributed by atoms with Gasteiger partial charge >= 0.3 is 0 Å². The summed E-state index contributed by atoms with van der Waals surface area (Å²) in [4.78, 5) is 24.6. The molecule has 0 radical (unpaired) electrons. The van der Waals surface area contributed by atoms with Crippen LogP contribution in [0.4, 0.5) is 0 Å². The number of amides is 1. The molecule has 0 saturated carbocycles. The van der Waals surface area contributed by atoms with Crippen LogP contribution in [0, 0.1) is 5.92 Å². The summed E-state index contributed by atoms with van der Waals surface area (Å²) in [6, 6.07) is 5.18. The molecule has 1 heterocycles. The van der Waals surface area contributed by atoms with Crippen molar-refractivity contribution in [3.63, 3.8) is 0 Å². The summed E-state index contributed by atoms with van der Waals surface area (Å²) in [5.74, 6) is 0.561. The highest BCUT2D eigenvalue weighted by Crippen LogP contribution is 2.25. The number of hydrogen-bond donors (Lipinski definition) is 1. The molecule has 1 unspecified atom stereocenters. The van der Waals surface area contributed by atoms with E-state index in [0.717, 1.165) is 25.7 Å². The Labute approximate surface area is 125 Å². The third-order valence-electron chi connectivity index (χ3n) is 3.92. The normalized spacial score (nSPS) is 15.4. The fourth-order valence-electron chi connectivity index (χ4n) is 2.61. The topological polar surface area (TPSA) is 55.4 Å². The van der Waals surface area contributed by atoms with E-state index in [1.165, 1.54) is 0 Å². The molecule has 1 aliphatic heterocycles. The van der Waals surface area contributed by atoms with Gasteiger partial charge in [-0.05, 0) is 31.0 Å². The number of Topliss-reactive ketones (excluding diaryl/α,β-unsaturated/α-hetero) is 1. The zero-order valence-corrected chi connectivity index (χ0v) is 12.8. The molecule has 0 saturated heterocycles. The summed E-state index contributed by atoms with van der Waals surface area (Å²) in [7, 11) is 0. The van der Waals surface area contributed by atoms with Crippen LogP contribution in [0.1, 0.15) is 60.2 Å². The van der Waals surface area contributed by atoms with Crippen molar-refractivity contribution in [2.24, 2.45) is 5.92 Å². The molecule has 1 aliphatic rings. The number of hydrogen-bond acceptors (Lipinski definition) is 3. The van der Waals surface area contributed by atoms with Gasteiger partial charge < -0.3 is 10.1 Å². The number of carbonyl (C=O) groups is 2. The van der Waals surface area contributed by atoms with Crippen molar-refractivity contribution >= 4 is 11.7 Å². The summed E-state index contributed by atoms with van der Waals surface area (Å²) in [5, 5.41) is 2.77. The van der Waals surface area contributed by atoms with E-state index in [9.17, 15) is 9.59 Å². The highest BCUT2D eigenvalue weighted by atomic mass is 16.5. The quantitative estimate of drug-likeness (QED) is 0.818. The molecule has 1 aromatic rings. The van der Waals surface area contributed by atoms with Gasteiger partial charge in [-0.2, -0.15) is 0 Å². The molecular formula is C17H23NO3. The smallest absolute Gasteiger partial charge is 0.255 e. The van der Waals surface area contributed by atoms with Crippen molar-refractivity contribution in [2.75, 3.05) is 13.2 Å². The summed E-state index contributed by atoms with van der Waals surface area (Å²) in [6.45, 7) is 5.11. The Balaban J connectivity index is 2.24. The molecule has 0 bridgehead atoms. The van der Waals surface area contributed by atoms with Crippen LogP contribution in [-0.4, -0.2) is 24.8 Å². The fourth-order valence-corrected chi connectivity index (χ4v) is 2.61. The molecular weight excluding hydrogens is 266 g/mol. The van der Waals surface area contributed by atoms with Crippen molar-refractivity contribution in [3.8, 4) is 5.75 Å². The molecule has 1 N–H and O–H groups in total. The lowest BCUT2D eigenvalue weighted by atomic mass is 9.90. The van der Waals surface area contributed by atoms with Gasteiger partial charge in [0.25, 0.3) is 5.91 Å². The third kappa shape index (κ3) is 3.63. The van der Waals surface area contributed by atoms with Gasteiger partial charge in [-0.3, -0.25) is 9.59 Å². The van der Waals surface area contributed by atoms with Crippen molar-refractivity contribution in [2.45, 2.75) is 39.5 Å². The van der Waals surface area contributed by atoms with Gasteiger partial charge in [-0.25, -0.2) is 0 Å². The van der Waals surface area contributed by atoms with E-state index < -0.39 is 0 Å². The van der Waals surface area contributed by atoms with Crippen molar-refractivity contribution in [1.82, 2.24) is 5.32 Å². The van der Waals surface area contributed by atoms with Gasteiger partial charge in [0.1, 0.15) is 12.4 Å². The Hall–Kier alpha value is -1.84. The van der Waals surface area contributed by atoms with E-state index in [4.69, 9.17) is 4.74 Å². The second-order valence-corrected chi connectivity index (χ2v) is 5.43. The van der Waals surface area contributed by atoms with Crippen molar-refractivity contribution in [1.29, 1.82) is 0 Å². The zero-order valence-electron chi connectivity index (χ0n) is 12.8. The first kappa shape index (κ1) is 15.5. The Morgan fingerprint density at radius 1 is 1.38 bits per heavy atom. The van der Waals surface area contributed by atoms with Crippen LogP contribution < -0.4 is 10.1 Å². The van der Waals surface area contributed by atoms with Crippen LogP contribution in [-0.2, 0) is 0 Å². The second kappa shape index (κ2) is 7.25. The fraction of sp³-hybridized carbons (Fsp3) is 0.529. The average molecular weight is 289 g/mol. The van der Waals surface area contributed by atoms with Gasteiger partial charge in [-0.15, -0.1) is 0 Å². The molecule has 4 heteroatoms.